The molecule has 1 fully saturated rings. The minimum Gasteiger partial charge on any atom is -0.355 e. The van der Waals surface area contributed by atoms with Crippen molar-refractivity contribution in [3.8, 4) is 12.3 Å². The smallest absolute Gasteiger partial charge is 0.137 e. The van der Waals surface area contributed by atoms with Crippen molar-refractivity contribution in [2.24, 2.45) is 0 Å². The molecule has 0 amide bonds. The molecule has 2 aromatic rings. The van der Waals surface area contributed by atoms with E-state index >= 15 is 0 Å². The predicted molar refractivity (Wildman–Crippen MR) is 80.4 cm³/mol. The molecule has 108 valence electrons. The van der Waals surface area contributed by atoms with Crippen LogP contribution in [0.3, 0.4) is 0 Å². The Balaban J connectivity index is 2.05. The number of hydrogen-bond acceptors (Lipinski definition) is 3. The summed E-state index contributed by atoms with van der Waals surface area (Å²) in [6, 6.07) is 10.5. The average molecular weight is 281 g/mol. The molecule has 1 aliphatic carbocycles. The lowest BCUT2D eigenvalue weighted by Gasteiger charge is -2.43. The highest BCUT2D eigenvalue weighted by atomic mass is 16.5. The quantitative estimate of drug-likeness (QED) is 0.809. The highest BCUT2D eigenvalue weighted by Crippen LogP contribution is 2.47. The van der Waals surface area contributed by atoms with Gasteiger partial charge < -0.3 is 4.74 Å². The van der Waals surface area contributed by atoms with Crippen LogP contribution in [-0.2, 0) is 10.3 Å². The van der Waals surface area contributed by atoms with Crippen molar-refractivity contribution in [1.29, 1.82) is 0 Å². The van der Waals surface area contributed by atoms with Gasteiger partial charge in [0.2, 0.25) is 0 Å². The first kappa shape index (κ1) is 13.8. The summed E-state index contributed by atoms with van der Waals surface area (Å²) in [5.41, 5.74) is 0.750. The van der Waals surface area contributed by atoms with Crippen molar-refractivity contribution in [2.75, 3.05) is 6.61 Å². The summed E-state index contributed by atoms with van der Waals surface area (Å²) in [7, 11) is 0. The van der Waals surface area contributed by atoms with E-state index in [1.165, 1.54) is 12.0 Å². The molecular formula is C17H19N3O. The predicted octanol–water partition coefficient (Wildman–Crippen LogP) is 2.94. The molecule has 1 heterocycles. The van der Waals surface area contributed by atoms with Crippen LogP contribution in [0, 0.1) is 12.3 Å². The van der Waals surface area contributed by atoms with Crippen molar-refractivity contribution >= 4 is 0 Å². The lowest BCUT2D eigenvalue weighted by Crippen LogP contribution is -2.42. The molecular weight excluding hydrogens is 262 g/mol. The lowest BCUT2D eigenvalue weighted by molar-refractivity contribution is -0.100. The third kappa shape index (κ3) is 2.57. The van der Waals surface area contributed by atoms with Gasteiger partial charge in [-0.1, -0.05) is 49.1 Å². The summed E-state index contributed by atoms with van der Waals surface area (Å²) >= 11 is 0. The van der Waals surface area contributed by atoms with Crippen molar-refractivity contribution < 1.29 is 4.74 Å². The van der Waals surface area contributed by atoms with Crippen LogP contribution in [0.2, 0.25) is 0 Å². The summed E-state index contributed by atoms with van der Waals surface area (Å²) in [5, 5.41) is 4.34. The Bertz CT molecular complexity index is 603. The maximum atomic E-state index is 6.22. The van der Waals surface area contributed by atoms with Crippen LogP contribution >= 0.6 is 0 Å². The van der Waals surface area contributed by atoms with Gasteiger partial charge in [-0.25, -0.2) is 9.67 Å². The summed E-state index contributed by atoms with van der Waals surface area (Å²) in [6.45, 7) is 0.306. The van der Waals surface area contributed by atoms with E-state index in [0.29, 0.717) is 6.61 Å². The van der Waals surface area contributed by atoms with Gasteiger partial charge in [-0.15, -0.1) is 6.42 Å². The molecule has 2 atom stereocenters. The molecule has 0 spiro atoms. The van der Waals surface area contributed by atoms with E-state index in [1.807, 2.05) is 22.9 Å². The second kappa shape index (κ2) is 6.11. The number of benzene rings is 1. The second-order valence-electron chi connectivity index (χ2n) is 5.39. The highest BCUT2D eigenvalue weighted by Gasteiger charge is 2.44. The minimum atomic E-state index is -0.417. The molecule has 3 rings (SSSR count). The molecule has 1 aromatic carbocycles. The summed E-state index contributed by atoms with van der Waals surface area (Å²) in [4.78, 5) is 4.09. The van der Waals surface area contributed by atoms with E-state index in [1.54, 1.807) is 12.7 Å². The second-order valence-corrected chi connectivity index (χ2v) is 5.39. The fourth-order valence-corrected chi connectivity index (χ4v) is 3.33. The summed E-state index contributed by atoms with van der Waals surface area (Å²) in [6.07, 6.45) is 13.0. The molecule has 4 nitrogen and oxygen atoms in total. The molecule has 0 radical (unpaired) electrons. The topological polar surface area (TPSA) is 39.9 Å². The van der Waals surface area contributed by atoms with Crippen LogP contribution in [0.1, 0.15) is 37.3 Å². The molecule has 1 saturated carbocycles. The van der Waals surface area contributed by atoms with Gasteiger partial charge in [0.25, 0.3) is 0 Å². The zero-order valence-corrected chi connectivity index (χ0v) is 12.0. The van der Waals surface area contributed by atoms with Crippen LogP contribution in [0.25, 0.3) is 0 Å². The molecule has 0 N–H and O–H groups in total. The normalized spacial score (nSPS) is 25.4. The number of nitrogens with zero attached hydrogens (tertiary/aromatic N) is 3. The molecule has 1 aromatic heterocycles. The number of rotatable bonds is 4. The Morgan fingerprint density at radius 3 is 2.90 bits per heavy atom. The largest absolute Gasteiger partial charge is 0.355 e. The van der Waals surface area contributed by atoms with Crippen LogP contribution < -0.4 is 0 Å². The van der Waals surface area contributed by atoms with Gasteiger partial charge in [-0.2, -0.15) is 5.10 Å². The number of terminal acetylenes is 1. The summed E-state index contributed by atoms with van der Waals surface area (Å²) in [5.74, 6) is 2.61. The number of aromatic nitrogens is 3. The van der Waals surface area contributed by atoms with E-state index in [9.17, 15) is 0 Å². The Morgan fingerprint density at radius 2 is 2.19 bits per heavy atom. The Morgan fingerprint density at radius 1 is 1.33 bits per heavy atom. The van der Waals surface area contributed by atoms with Gasteiger partial charge in [0, 0.05) is 0 Å². The lowest BCUT2D eigenvalue weighted by atomic mass is 9.75. The van der Waals surface area contributed by atoms with Gasteiger partial charge in [0.1, 0.15) is 24.9 Å². The van der Waals surface area contributed by atoms with Crippen LogP contribution in [0.4, 0.5) is 0 Å². The minimum absolute atomic E-state index is 0.129. The van der Waals surface area contributed by atoms with Crippen molar-refractivity contribution in [1.82, 2.24) is 14.8 Å². The van der Waals surface area contributed by atoms with Gasteiger partial charge in [0.05, 0.1) is 6.04 Å². The fraction of sp³-hybridized carbons (Fsp3) is 0.412. The number of hydrogen-bond donors (Lipinski definition) is 0. The van der Waals surface area contributed by atoms with Gasteiger partial charge in [-0.3, -0.25) is 0 Å². The van der Waals surface area contributed by atoms with Crippen LogP contribution in [0.5, 0.6) is 0 Å². The van der Waals surface area contributed by atoms with Gasteiger partial charge >= 0.3 is 0 Å². The van der Waals surface area contributed by atoms with Crippen LogP contribution in [0.15, 0.2) is 43.0 Å². The standard InChI is InChI=1S/C17H19N3O/c1-2-12-21-17(15-8-4-3-5-9-15)11-7-6-10-16(17)20-14-18-13-19-20/h1,3-5,8-9,13-14,16H,6-7,10-12H2. The van der Waals surface area contributed by atoms with E-state index in [-0.39, 0.29) is 6.04 Å². The molecule has 0 aliphatic heterocycles. The van der Waals surface area contributed by atoms with Crippen molar-refractivity contribution in [3.05, 3.63) is 48.5 Å². The first-order valence-electron chi connectivity index (χ1n) is 7.34. The molecule has 2 unspecified atom stereocenters. The van der Waals surface area contributed by atoms with E-state index < -0.39 is 5.60 Å². The Hall–Kier alpha value is -2.12. The molecule has 0 bridgehead atoms. The van der Waals surface area contributed by atoms with Crippen molar-refractivity contribution in [3.63, 3.8) is 0 Å². The molecule has 0 saturated heterocycles. The Labute approximate surface area is 125 Å². The third-order valence-corrected chi connectivity index (χ3v) is 4.25. The van der Waals surface area contributed by atoms with E-state index in [4.69, 9.17) is 11.2 Å². The molecule has 4 heteroatoms. The van der Waals surface area contributed by atoms with E-state index in [2.05, 4.69) is 28.1 Å². The third-order valence-electron chi connectivity index (χ3n) is 4.25. The van der Waals surface area contributed by atoms with Crippen LogP contribution in [-0.4, -0.2) is 21.4 Å². The first-order chi connectivity index (χ1) is 10.4. The Kier molecular flexibility index (Phi) is 4.03. The number of ether oxygens (including phenoxy) is 1. The summed E-state index contributed by atoms with van der Waals surface area (Å²) < 4.78 is 8.14. The van der Waals surface area contributed by atoms with Gasteiger partial charge in [0.15, 0.2) is 0 Å². The SMILES string of the molecule is C#CCOC1(c2ccccc2)CCCCC1n1cncn1. The van der Waals surface area contributed by atoms with Gasteiger partial charge in [-0.05, 0) is 18.4 Å². The van der Waals surface area contributed by atoms with E-state index in [0.717, 1.165) is 19.3 Å². The van der Waals surface area contributed by atoms with Crippen molar-refractivity contribution in [2.45, 2.75) is 37.3 Å². The monoisotopic (exact) mass is 281 g/mol. The average Bonchev–Trinajstić information content (AvgIpc) is 3.08. The zero-order valence-electron chi connectivity index (χ0n) is 12.0. The highest BCUT2D eigenvalue weighted by molar-refractivity contribution is 5.25. The maximum Gasteiger partial charge on any atom is 0.137 e. The maximum absolute atomic E-state index is 6.22. The fourth-order valence-electron chi connectivity index (χ4n) is 3.33. The molecule has 1 aliphatic rings. The molecule has 21 heavy (non-hydrogen) atoms. The zero-order chi connectivity index (χ0) is 14.5. The first-order valence-corrected chi connectivity index (χ1v) is 7.34.